The van der Waals surface area contributed by atoms with Crippen LogP contribution < -0.4 is 9.47 Å². The smallest absolute Gasteiger partial charge is 0.426 e. The Morgan fingerprint density at radius 3 is 1.82 bits per heavy atom. The zero-order chi connectivity index (χ0) is 24.2. The number of rotatable bonds is 8. The van der Waals surface area contributed by atoms with E-state index in [1.54, 1.807) is 0 Å². The Morgan fingerprint density at radius 2 is 1.33 bits per heavy atom. The van der Waals surface area contributed by atoms with E-state index in [-0.39, 0.29) is 12.1 Å². The summed E-state index contributed by atoms with van der Waals surface area (Å²) in [4.78, 5) is 0. The quantitative estimate of drug-likeness (QED) is 0.244. The predicted molar refractivity (Wildman–Crippen MR) is 108 cm³/mol. The third-order valence-corrected chi connectivity index (χ3v) is 4.60. The molecule has 174 valence electrons. The van der Waals surface area contributed by atoms with Crippen molar-refractivity contribution in [2.45, 2.75) is 25.9 Å². The van der Waals surface area contributed by atoms with E-state index in [2.05, 4.69) is 16.4 Å². The van der Waals surface area contributed by atoms with Crippen molar-refractivity contribution in [3.63, 3.8) is 0 Å². The van der Waals surface area contributed by atoms with Crippen molar-refractivity contribution in [2.75, 3.05) is 0 Å². The molecule has 0 saturated carbocycles. The maximum absolute atomic E-state index is 14.5. The van der Waals surface area contributed by atoms with Crippen molar-refractivity contribution in [3.8, 4) is 22.6 Å². The van der Waals surface area contributed by atoms with Crippen molar-refractivity contribution in [2.24, 2.45) is 0 Å². The van der Waals surface area contributed by atoms with Crippen LogP contribution in [-0.2, 0) is 12.5 Å². The lowest BCUT2D eigenvalue weighted by Gasteiger charge is -2.19. The molecular formula is C24H17F7O2. The van der Waals surface area contributed by atoms with Crippen LogP contribution in [0.4, 0.5) is 30.7 Å². The number of hydrogen-bond acceptors (Lipinski definition) is 2. The molecule has 0 amide bonds. The van der Waals surface area contributed by atoms with E-state index in [9.17, 15) is 30.7 Å². The van der Waals surface area contributed by atoms with Gasteiger partial charge < -0.3 is 9.47 Å². The predicted octanol–water partition coefficient (Wildman–Crippen LogP) is 8.13. The van der Waals surface area contributed by atoms with Gasteiger partial charge in [-0.25, -0.2) is 8.78 Å². The summed E-state index contributed by atoms with van der Waals surface area (Å²) in [6, 6.07) is 10.7. The van der Waals surface area contributed by atoms with Crippen LogP contribution in [0, 0.1) is 11.6 Å². The molecule has 0 unspecified atom stereocenters. The Morgan fingerprint density at radius 1 is 0.818 bits per heavy atom. The van der Waals surface area contributed by atoms with Gasteiger partial charge in [0.15, 0.2) is 11.6 Å². The molecule has 0 aliphatic rings. The van der Waals surface area contributed by atoms with Crippen molar-refractivity contribution in [3.05, 3.63) is 95.5 Å². The lowest BCUT2D eigenvalue weighted by Crippen LogP contribution is -2.22. The highest BCUT2D eigenvalue weighted by atomic mass is 19.3. The Labute approximate surface area is 184 Å². The summed E-state index contributed by atoms with van der Waals surface area (Å²) in [6.07, 6.45) is -5.01. The topological polar surface area (TPSA) is 18.5 Å². The molecule has 0 N–H and O–H groups in total. The molecule has 2 nitrogen and oxygen atoms in total. The van der Waals surface area contributed by atoms with E-state index in [0.717, 1.165) is 36.1 Å². The average molecular weight is 470 g/mol. The van der Waals surface area contributed by atoms with Gasteiger partial charge in [-0.05, 0) is 35.2 Å². The molecule has 0 spiro atoms. The van der Waals surface area contributed by atoms with Gasteiger partial charge in [0.05, 0.1) is 5.56 Å². The van der Waals surface area contributed by atoms with Crippen LogP contribution in [0.3, 0.4) is 0 Å². The molecule has 3 rings (SSSR count). The standard InChI is InChI=1S/C24H17F7O2/c1-2-3-14-4-6-15(7-5-14)16-8-10-17(11-9-16)24(30,31)33-18-12-19(25)21(20(26)13-18)32-23(29)22(27)28/h4-13H,2-3H2,1H3. The van der Waals surface area contributed by atoms with Crippen molar-refractivity contribution >= 4 is 0 Å². The maximum atomic E-state index is 14.5. The van der Waals surface area contributed by atoms with Gasteiger partial charge >= 0.3 is 18.2 Å². The van der Waals surface area contributed by atoms with Crippen molar-refractivity contribution < 1.29 is 40.2 Å². The Kier molecular flexibility index (Phi) is 7.30. The van der Waals surface area contributed by atoms with Gasteiger partial charge in [0, 0.05) is 12.1 Å². The van der Waals surface area contributed by atoms with Gasteiger partial charge in [-0.3, -0.25) is 0 Å². The third kappa shape index (κ3) is 5.85. The summed E-state index contributed by atoms with van der Waals surface area (Å²) >= 11 is 0. The number of benzene rings is 3. The van der Waals surface area contributed by atoms with Gasteiger partial charge in [-0.15, -0.1) is 0 Å². The van der Waals surface area contributed by atoms with Crippen molar-refractivity contribution in [1.29, 1.82) is 0 Å². The molecule has 33 heavy (non-hydrogen) atoms. The van der Waals surface area contributed by atoms with E-state index in [0.29, 0.717) is 5.56 Å². The van der Waals surface area contributed by atoms with Gasteiger partial charge in [-0.1, -0.05) is 49.7 Å². The summed E-state index contributed by atoms with van der Waals surface area (Å²) in [6.45, 7) is 2.06. The van der Waals surface area contributed by atoms with E-state index < -0.39 is 46.9 Å². The van der Waals surface area contributed by atoms with Gasteiger partial charge in [0.2, 0.25) is 5.75 Å². The molecule has 0 heterocycles. The summed E-state index contributed by atoms with van der Waals surface area (Å²) < 4.78 is 102. The summed E-state index contributed by atoms with van der Waals surface area (Å²) in [5, 5.41) is 0. The Bertz CT molecular complexity index is 1110. The first-order valence-corrected chi connectivity index (χ1v) is 9.75. The zero-order valence-corrected chi connectivity index (χ0v) is 17.1. The first-order valence-electron chi connectivity index (χ1n) is 9.75. The number of halogens is 7. The highest BCUT2D eigenvalue weighted by Gasteiger charge is 2.35. The molecule has 0 fully saturated rings. The number of hydrogen-bond donors (Lipinski definition) is 0. The van der Waals surface area contributed by atoms with Crippen molar-refractivity contribution in [1.82, 2.24) is 0 Å². The Balaban J connectivity index is 1.78. The molecule has 0 aliphatic carbocycles. The second kappa shape index (κ2) is 9.97. The molecule has 0 bridgehead atoms. The normalized spacial score (nSPS) is 11.3. The first kappa shape index (κ1) is 24.2. The van der Waals surface area contributed by atoms with Gasteiger partial charge in [0.25, 0.3) is 0 Å². The number of alkyl halides is 2. The van der Waals surface area contributed by atoms with Crippen LogP contribution in [0.25, 0.3) is 11.1 Å². The van der Waals surface area contributed by atoms with Crippen LogP contribution in [0.1, 0.15) is 24.5 Å². The minimum absolute atomic E-state index is 0.266. The minimum atomic E-state index is -3.99. The summed E-state index contributed by atoms with van der Waals surface area (Å²) in [7, 11) is 0. The summed E-state index contributed by atoms with van der Waals surface area (Å²) in [5.41, 5.74) is 2.05. The van der Waals surface area contributed by atoms with Crippen LogP contribution in [0.5, 0.6) is 11.5 Å². The summed E-state index contributed by atoms with van der Waals surface area (Å²) in [5.74, 6) is -5.90. The minimum Gasteiger partial charge on any atom is -0.429 e. The molecule has 0 aliphatic heterocycles. The zero-order valence-electron chi connectivity index (χ0n) is 17.1. The molecule has 3 aromatic carbocycles. The van der Waals surface area contributed by atoms with E-state index in [4.69, 9.17) is 0 Å². The first-order chi connectivity index (χ1) is 15.6. The van der Waals surface area contributed by atoms with Gasteiger partial charge in [-0.2, -0.15) is 22.0 Å². The molecule has 3 aromatic rings. The highest BCUT2D eigenvalue weighted by Crippen LogP contribution is 2.36. The second-order valence-electron chi connectivity index (χ2n) is 7.00. The molecular weight excluding hydrogens is 453 g/mol. The number of ether oxygens (including phenoxy) is 2. The highest BCUT2D eigenvalue weighted by molar-refractivity contribution is 5.64. The van der Waals surface area contributed by atoms with E-state index >= 15 is 0 Å². The maximum Gasteiger partial charge on any atom is 0.426 e. The lowest BCUT2D eigenvalue weighted by atomic mass is 10.0. The van der Waals surface area contributed by atoms with E-state index in [1.165, 1.54) is 12.1 Å². The lowest BCUT2D eigenvalue weighted by molar-refractivity contribution is -0.185. The largest absolute Gasteiger partial charge is 0.429 e. The fourth-order valence-electron chi connectivity index (χ4n) is 3.04. The monoisotopic (exact) mass is 470 g/mol. The van der Waals surface area contributed by atoms with Gasteiger partial charge in [0.1, 0.15) is 5.75 Å². The third-order valence-electron chi connectivity index (χ3n) is 4.60. The molecule has 9 heteroatoms. The average Bonchev–Trinajstić information content (AvgIpc) is 2.76. The van der Waals surface area contributed by atoms with Crippen LogP contribution in [-0.4, -0.2) is 0 Å². The fourth-order valence-corrected chi connectivity index (χ4v) is 3.04. The molecule has 0 atom stereocenters. The molecule has 0 saturated heterocycles. The van der Waals surface area contributed by atoms with Crippen LogP contribution >= 0.6 is 0 Å². The van der Waals surface area contributed by atoms with E-state index in [1.807, 2.05) is 24.3 Å². The van der Waals surface area contributed by atoms with Crippen LogP contribution in [0.2, 0.25) is 0 Å². The molecule has 0 radical (unpaired) electrons. The number of aryl methyl sites for hydroxylation is 1. The van der Waals surface area contributed by atoms with Crippen LogP contribution in [0.15, 0.2) is 72.8 Å². The fraction of sp³-hybridized carbons (Fsp3) is 0.167. The SMILES string of the molecule is CCCc1ccc(-c2ccc(C(F)(F)Oc3cc(F)c(OC(F)=C(F)F)c(F)c3)cc2)cc1. The molecule has 0 aromatic heterocycles. The second-order valence-corrected chi connectivity index (χ2v) is 7.00. The Hall–Kier alpha value is -3.49.